The molecule has 0 aliphatic heterocycles. The molecule has 108 valence electrons. The third-order valence-corrected chi connectivity index (χ3v) is 3.12. The SMILES string of the molecule is O=C(Nc1c(O)cccc1[N+](=O)[O-])c1cc(Br)ccc1F. The lowest BCUT2D eigenvalue weighted by atomic mass is 10.2. The second-order valence-electron chi connectivity index (χ2n) is 4.01. The average molecular weight is 355 g/mol. The largest absolute Gasteiger partial charge is 0.505 e. The van der Waals surface area contributed by atoms with E-state index in [1.165, 1.54) is 24.3 Å². The maximum atomic E-state index is 13.6. The van der Waals surface area contributed by atoms with Gasteiger partial charge in [-0.25, -0.2) is 4.39 Å². The van der Waals surface area contributed by atoms with Crippen molar-refractivity contribution in [1.29, 1.82) is 0 Å². The Kier molecular flexibility index (Phi) is 4.18. The van der Waals surface area contributed by atoms with Gasteiger partial charge in [-0.2, -0.15) is 0 Å². The smallest absolute Gasteiger partial charge is 0.296 e. The number of para-hydroxylation sites is 1. The van der Waals surface area contributed by atoms with Gasteiger partial charge in [-0.05, 0) is 24.3 Å². The number of phenolic OH excluding ortho intramolecular Hbond substituents is 1. The van der Waals surface area contributed by atoms with Crippen molar-refractivity contribution in [2.75, 3.05) is 5.32 Å². The lowest BCUT2D eigenvalue weighted by Crippen LogP contribution is -2.15. The monoisotopic (exact) mass is 354 g/mol. The minimum absolute atomic E-state index is 0.304. The summed E-state index contributed by atoms with van der Waals surface area (Å²) in [5.41, 5.74) is -1.17. The zero-order chi connectivity index (χ0) is 15.6. The fraction of sp³-hybridized carbons (Fsp3) is 0. The van der Waals surface area contributed by atoms with Gasteiger partial charge in [0.05, 0.1) is 10.5 Å². The van der Waals surface area contributed by atoms with Crippen molar-refractivity contribution in [2.24, 2.45) is 0 Å². The van der Waals surface area contributed by atoms with E-state index in [1.54, 1.807) is 0 Å². The molecule has 0 fully saturated rings. The van der Waals surface area contributed by atoms with Gasteiger partial charge in [0.25, 0.3) is 11.6 Å². The van der Waals surface area contributed by atoms with E-state index in [1.807, 2.05) is 0 Å². The normalized spacial score (nSPS) is 10.2. The van der Waals surface area contributed by atoms with Crippen LogP contribution in [0.3, 0.4) is 0 Å². The van der Waals surface area contributed by atoms with Gasteiger partial charge in [-0.3, -0.25) is 14.9 Å². The van der Waals surface area contributed by atoms with Gasteiger partial charge < -0.3 is 10.4 Å². The second-order valence-corrected chi connectivity index (χ2v) is 4.92. The quantitative estimate of drug-likeness (QED) is 0.501. The first-order valence-corrected chi connectivity index (χ1v) is 6.42. The highest BCUT2D eigenvalue weighted by Crippen LogP contribution is 2.33. The summed E-state index contributed by atoms with van der Waals surface area (Å²) in [5, 5.41) is 22.7. The number of nitrogens with one attached hydrogen (secondary N) is 1. The van der Waals surface area contributed by atoms with Gasteiger partial charge in [0, 0.05) is 10.5 Å². The standard InChI is InChI=1S/C13H8BrFN2O4/c14-7-4-5-9(15)8(6-7)13(19)16-12-10(17(20)21)2-1-3-11(12)18/h1-6,18H,(H,16,19). The lowest BCUT2D eigenvalue weighted by Gasteiger charge is -2.08. The van der Waals surface area contributed by atoms with Crippen LogP contribution in [0.5, 0.6) is 5.75 Å². The lowest BCUT2D eigenvalue weighted by molar-refractivity contribution is -0.384. The Morgan fingerprint density at radius 1 is 1.33 bits per heavy atom. The van der Waals surface area contributed by atoms with E-state index in [0.29, 0.717) is 4.47 Å². The van der Waals surface area contributed by atoms with Gasteiger partial charge in [-0.15, -0.1) is 0 Å². The van der Waals surface area contributed by atoms with Crippen LogP contribution in [0.1, 0.15) is 10.4 Å². The van der Waals surface area contributed by atoms with Crippen LogP contribution < -0.4 is 5.32 Å². The third-order valence-electron chi connectivity index (χ3n) is 2.63. The number of nitro groups is 1. The van der Waals surface area contributed by atoms with E-state index in [9.17, 15) is 24.4 Å². The maximum absolute atomic E-state index is 13.6. The first-order valence-electron chi connectivity index (χ1n) is 5.63. The molecule has 0 aliphatic rings. The summed E-state index contributed by atoms with van der Waals surface area (Å²) < 4.78 is 14.1. The first kappa shape index (κ1) is 14.9. The number of anilines is 1. The molecule has 2 N–H and O–H groups in total. The Morgan fingerprint density at radius 3 is 2.71 bits per heavy atom. The van der Waals surface area contributed by atoms with Gasteiger partial charge >= 0.3 is 0 Å². The molecule has 0 saturated carbocycles. The highest BCUT2D eigenvalue weighted by atomic mass is 79.9. The predicted molar refractivity (Wildman–Crippen MR) is 76.8 cm³/mol. The van der Waals surface area contributed by atoms with E-state index < -0.39 is 28.1 Å². The topological polar surface area (TPSA) is 92.5 Å². The molecular weight excluding hydrogens is 347 g/mol. The summed E-state index contributed by atoms with van der Waals surface area (Å²) in [6.45, 7) is 0. The van der Waals surface area contributed by atoms with Crippen LogP contribution in [0, 0.1) is 15.9 Å². The molecule has 0 spiro atoms. The molecule has 0 aromatic heterocycles. The number of nitrogens with zero attached hydrogens (tertiary/aromatic N) is 1. The number of hydrogen-bond donors (Lipinski definition) is 2. The predicted octanol–water partition coefficient (Wildman–Crippen LogP) is 3.45. The van der Waals surface area contributed by atoms with Crippen LogP contribution in [0.25, 0.3) is 0 Å². The van der Waals surface area contributed by atoms with E-state index in [-0.39, 0.29) is 11.3 Å². The minimum atomic E-state index is -0.904. The molecule has 21 heavy (non-hydrogen) atoms. The van der Waals surface area contributed by atoms with Crippen LogP contribution in [0.15, 0.2) is 40.9 Å². The van der Waals surface area contributed by atoms with Crippen molar-refractivity contribution in [3.05, 3.63) is 62.4 Å². The molecule has 0 saturated heterocycles. The summed E-state index contributed by atoms with van der Waals surface area (Å²) in [4.78, 5) is 22.1. The molecule has 2 aromatic carbocycles. The maximum Gasteiger partial charge on any atom is 0.296 e. The van der Waals surface area contributed by atoms with Crippen molar-refractivity contribution < 1.29 is 19.2 Å². The van der Waals surface area contributed by atoms with Crippen LogP contribution in [0.2, 0.25) is 0 Å². The molecule has 2 rings (SSSR count). The van der Waals surface area contributed by atoms with Gasteiger partial charge in [0.2, 0.25) is 0 Å². The third kappa shape index (κ3) is 3.16. The summed E-state index contributed by atoms with van der Waals surface area (Å²) >= 11 is 3.10. The van der Waals surface area contributed by atoms with Crippen molar-refractivity contribution in [1.82, 2.24) is 0 Å². The zero-order valence-corrected chi connectivity index (χ0v) is 11.9. The number of aromatic hydroxyl groups is 1. The molecule has 8 heteroatoms. The number of nitro benzene ring substituents is 1. The van der Waals surface area contributed by atoms with Crippen molar-refractivity contribution in [3.8, 4) is 5.75 Å². The Balaban J connectivity index is 2.41. The van der Waals surface area contributed by atoms with Gasteiger partial charge in [0.1, 0.15) is 11.6 Å². The molecule has 6 nitrogen and oxygen atoms in total. The second kappa shape index (κ2) is 5.88. The highest BCUT2D eigenvalue weighted by Gasteiger charge is 2.21. The number of hydrogen-bond acceptors (Lipinski definition) is 4. The van der Waals surface area contributed by atoms with Gasteiger partial charge in [-0.1, -0.05) is 22.0 Å². The fourth-order valence-corrected chi connectivity index (χ4v) is 2.02. The number of halogens is 2. The number of phenols is 1. The van der Waals surface area contributed by atoms with Crippen LogP contribution in [-0.4, -0.2) is 15.9 Å². The average Bonchev–Trinajstić information content (AvgIpc) is 2.43. The molecule has 0 atom stereocenters. The van der Waals surface area contributed by atoms with Gasteiger partial charge in [0.15, 0.2) is 5.69 Å². The van der Waals surface area contributed by atoms with Crippen molar-refractivity contribution >= 4 is 33.2 Å². The summed E-state index contributed by atoms with van der Waals surface area (Å²) in [5.74, 6) is -2.17. The summed E-state index contributed by atoms with van der Waals surface area (Å²) in [6, 6.07) is 7.29. The van der Waals surface area contributed by atoms with Crippen LogP contribution in [0.4, 0.5) is 15.8 Å². The van der Waals surface area contributed by atoms with E-state index >= 15 is 0 Å². The molecular formula is C13H8BrFN2O4. The minimum Gasteiger partial charge on any atom is -0.505 e. The van der Waals surface area contributed by atoms with Crippen LogP contribution in [-0.2, 0) is 0 Å². The Hall–Kier alpha value is -2.48. The number of benzene rings is 2. The number of carbonyl (C=O) groups excluding carboxylic acids is 1. The van der Waals surface area contributed by atoms with Crippen LogP contribution >= 0.6 is 15.9 Å². The number of rotatable bonds is 3. The molecule has 0 aliphatic carbocycles. The molecule has 1 amide bonds. The van der Waals surface area contributed by atoms with Crippen molar-refractivity contribution in [3.63, 3.8) is 0 Å². The summed E-state index contributed by atoms with van der Waals surface area (Å²) in [6.07, 6.45) is 0. The molecule has 0 radical (unpaired) electrons. The zero-order valence-electron chi connectivity index (χ0n) is 10.3. The first-order chi connectivity index (χ1) is 9.90. The fourth-order valence-electron chi connectivity index (χ4n) is 1.66. The van der Waals surface area contributed by atoms with E-state index in [4.69, 9.17) is 0 Å². The van der Waals surface area contributed by atoms with E-state index in [2.05, 4.69) is 21.2 Å². The number of amides is 1. The highest BCUT2D eigenvalue weighted by molar-refractivity contribution is 9.10. The molecule has 0 unspecified atom stereocenters. The molecule has 0 bridgehead atoms. The number of carbonyl (C=O) groups is 1. The Bertz CT molecular complexity index is 736. The molecule has 0 heterocycles. The Morgan fingerprint density at radius 2 is 2.05 bits per heavy atom. The van der Waals surface area contributed by atoms with E-state index in [0.717, 1.165) is 12.1 Å². The van der Waals surface area contributed by atoms with Crippen molar-refractivity contribution in [2.45, 2.75) is 0 Å². The Labute approximate surface area is 126 Å². The molecule has 2 aromatic rings. The summed E-state index contributed by atoms with van der Waals surface area (Å²) in [7, 11) is 0.